The van der Waals surface area contributed by atoms with Gasteiger partial charge in [-0.05, 0) is 58.7 Å². The summed E-state index contributed by atoms with van der Waals surface area (Å²) in [5.74, 6) is 1.78. The Balaban J connectivity index is 1.22. The summed E-state index contributed by atoms with van der Waals surface area (Å²) in [6, 6.07) is 70.3. The fourth-order valence-corrected chi connectivity index (χ4v) is 8.29. The zero-order chi connectivity index (χ0) is 37.0. The van der Waals surface area contributed by atoms with Crippen LogP contribution in [-0.4, -0.2) is 24.1 Å². The van der Waals surface area contributed by atoms with Gasteiger partial charge in [-0.2, -0.15) is 9.97 Å². The van der Waals surface area contributed by atoms with Crippen LogP contribution in [0.4, 0.5) is 0 Å². The average molecular weight is 716 g/mol. The number of para-hydroxylation sites is 3. The molecular weight excluding hydrogens is 683 g/mol. The van der Waals surface area contributed by atoms with Gasteiger partial charge in [0.1, 0.15) is 0 Å². The van der Waals surface area contributed by atoms with Crippen LogP contribution >= 0.6 is 0 Å². The molecule has 0 saturated carbocycles. The van der Waals surface area contributed by atoms with Crippen molar-refractivity contribution >= 4 is 43.6 Å². The van der Waals surface area contributed by atoms with E-state index >= 15 is 0 Å². The summed E-state index contributed by atoms with van der Waals surface area (Å²) < 4.78 is 4.56. The summed E-state index contributed by atoms with van der Waals surface area (Å²) in [4.78, 5) is 15.8. The molecule has 5 nitrogen and oxygen atoms in total. The topological polar surface area (TPSA) is 48.5 Å². The number of nitrogens with zero attached hydrogens (tertiary/aromatic N) is 5. The second kappa shape index (κ2) is 13.0. The number of hydrogen-bond acceptors (Lipinski definition) is 3. The first kappa shape index (κ1) is 31.9. The molecule has 0 aliphatic rings. The Morgan fingerprint density at radius 3 is 1.57 bits per heavy atom. The molecule has 0 unspecified atom stereocenters. The van der Waals surface area contributed by atoms with Crippen molar-refractivity contribution in [1.29, 1.82) is 0 Å². The van der Waals surface area contributed by atoms with Crippen LogP contribution in [0.1, 0.15) is 0 Å². The second-order valence-corrected chi connectivity index (χ2v) is 14.0. The quantitative estimate of drug-likeness (QED) is 0.172. The average Bonchev–Trinajstić information content (AvgIpc) is 3.80. The maximum atomic E-state index is 5.36. The predicted octanol–water partition coefficient (Wildman–Crippen LogP) is 12.7. The van der Waals surface area contributed by atoms with Crippen molar-refractivity contribution in [2.45, 2.75) is 0 Å². The summed E-state index contributed by atoms with van der Waals surface area (Å²) in [7, 11) is 0. The van der Waals surface area contributed by atoms with Crippen molar-refractivity contribution in [2.24, 2.45) is 0 Å². The summed E-state index contributed by atoms with van der Waals surface area (Å²) in [5.41, 5.74) is 11.8. The van der Waals surface area contributed by atoms with Gasteiger partial charge in [-0.15, -0.1) is 0 Å². The summed E-state index contributed by atoms with van der Waals surface area (Å²) >= 11 is 0. The highest BCUT2D eigenvalue weighted by molar-refractivity contribution is 6.16. The second-order valence-electron chi connectivity index (χ2n) is 14.0. The molecule has 0 aliphatic heterocycles. The van der Waals surface area contributed by atoms with E-state index in [1.807, 2.05) is 18.2 Å². The van der Waals surface area contributed by atoms with Gasteiger partial charge in [0.2, 0.25) is 5.95 Å². The third-order valence-corrected chi connectivity index (χ3v) is 10.8. The van der Waals surface area contributed by atoms with Crippen molar-refractivity contribution in [2.75, 3.05) is 0 Å². The Labute approximate surface area is 323 Å². The highest BCUT2D eigenvalue weighted by atomic mass is 15.2. The lowest BCUT2D eigenvalue weighted by Gasteiger charge is -2.15. The third kappa shape index (κ3) is 5.13. The van der Waals surface area contributed by atoms with Gasteiger partial charge >= 0.3 is 0 Å². The first-order chi connectivity index (χ1) is 27.8. The van der Waals surface area contributed by atoms with Crippen LogP contribution in [0.2, 0.25) is 0 Å². The van der Waals surface area contributed by atoms with Gasteiger partial charge in [-0.3, -0.25) is 4.57 Å². The predicted molar refractivity (Wildman–Crippen MR) is 230 cm³/mol. The van der Waals surface area contributed by atoms with Crippen molar-refractivity contribution in [3.63, 3.8) is 0 Å². The van der Waals surface area contributed by atoms with Gasteiger partial charge in [0.05, 0.1) is 27.8 Å². The standard InChI is InChI=1S/C51H33N5/c1-4-17-34(18-5-1)37-31-32-41-47(33-37)55(46-30-16-26-38(48(41)46)35-19-6-2-7-20-35)45-29-15-12-25-42(45)50-52-49(36-21-8-3-9-22-36)53-51(54-50)56-43-27-13-10-23-39(43)40-24-11-14-28-44(40)56/h1-33H. The molecule has 3 heterocycles. The normalized spacial score (nSPS) is 11.6. The lowest BCUT2D eigenvalue weighted by molar-refractivity contribution is 0.951. The lowest BCUT2D eigenvalue weighted by atomic mass is 9.98. The van der Waals surface area contributed by atoms with Crippen molar-refractivity contribution in [3.8, 4) is 56.7 Å². The van der Waals surface area contributed by atoms with E-state index < -0.39 is 0 Å². The van der Waals surface area contributed by atoms with Crippen LogP contribution in [0.3, 0.4) is 0 Å². The highest BCUT2D eigenvalue weighted by Gasteiger charge is 2.22. The summed E-state index contributed by atoms with van der Waals surface area (Å²) in [6.07, 6.45) is 0. The van der Waals surface area contributed by atoms with Crippen LogP contribution in [0.5, 0.6) is 0 Å². The van der Waals surface area contributed by atoms with E-state index in [-0.39, 0.29) is 0 Å². The molecule has 0 saturated heterocycles. The first-order valence-corrected chi connectivity index (χ1v) is 18.9. The maximum absolute atomic E-state index is 5.36. The fraction of sp³-hybridized carbons (Fsp3) is 0. The molecule has 11 aromatic rings. The van der Waals surface area contributed by atoms with Crippen LogP contribution in [0.15, 0.2) is 200 Å². The lowest BCUT2D eigenvalue weighted by Crippen LogP contribution is -2.07. The molecule has 0 fully saturated rings. The molecule has 3 aromatic heterocycles. The number of hydrogen-bond donors (Lipinski definition) is 0. The molecule has 0 amide bonds. The van der Waals surface area contributed by atoms with Gasteiger partial charge in [0.25, 0.3) is 0 Å². The molecule has 0 radical (unpaired) electrons. The Hall–Kier alpha value is -7.63. The number of benzene rings is 8. The molecular formula is C51H33N5. The van der Waals surface area contributed by atoms with E-state index in [2.05, 4.69) is 191 Å². The van der Waals surface area contributed by atoms with Gasteiger partial charge in [0, 0.05) is 32.7 Å². The Morgan fingerprint density at radius 1 is 0.304 bits per heavy atom. The van der Waals surface area contributed by atoms with Crippen LogP contribution in [-0.2, 0) is 0 Å². The minimum Gasteiger partial charge on any atom is -0.308 e. The smallest absolute Gasteiger partial charge is 0.238 e. The molecule has 0 atom stereocenters. The number of aromatic nitrogens is 5. The van der Waals surface area contributed by atoms with Crippen molar-refractivity contribution in [3.05, 3.63) is 200 Å². The monoisotopic (exact) mass is 715 g/mol. The van der Waals surface area contributed by atoms with Gasteiger partial charge < -0.3 is 4.57 Å². The molecule has 262 valence electrons. The third-order valence-electron chi connectivity index (χ3n) is 10.8. The van der Waals surface area contributed by atoms with Gasteiger partial charge in [-0.1, -0.05) is 164 Å². The molecule has 0 bridgehead atoms. The van der Waals surface area contributed by atoms with E-state index in [0.717, 1.165) is 55.2 Å². The highest BCUT2D eigenvalue weighted by Crippen LogP contribution is 2.42. The Bertz CT molecular complexity index is 3180. The first-order valence-electron chi connectivity index (χ1n) is 18.9. The van der Waals surface area contributed by atoms with E-state index in [0.29, 0.717) is 17.6 Å². The Morgan fingerprint density at radius 2 is 0.857 bits per heavy atom. The zero-order valence-electron chi connectivity index (χ0n) is 30.3. The molecule has 8 aromatic carbocycles. The summed E-state index contributed by atoms with van der Waals surface area (Å²) in [6.45, 7) is 0. The molecule has 0 N–H and O–H groups in total. The minimum absolute atomic E-state index is 0.570. The van der Waals surface area contributed by atoms with Crippen molar-refractivity contribution < 1.29 is 0 Å². The minimum atomic E-state index is 0.570. The maximum Gasteiger partial charge on any atom is 0.238 e. The van der Waals surface area contributed by atoms with Crippen LogP contribution in [0.25, 0.3) is 100 Å². The SMILES string of the molecule is c1ccc(-c2ccc3c4c(-c5ccccc5)cccc4n(-c4ccccc4-c4nc(-c5ccccc5)nc(-n5c6ccccc6c6ccccc65)n4)c3c2)cc1. The van der Waals surface area contributed by atoms with E-state index in [1.54, 1.807) is 0 Å². The largest absolute Gasteiger partial charge is 0.308 e. The molecule has 5 heteroatoms. The van der Waals surface area contributed by atoms with Crippen molar-refractivity contribution in [1.82, 2.24) is 24.1 Å². The summed E-state index contributed by atoms with van der Waals surface area (Å²) in [5, 5.41) is 4.69. The molecule has 0 spiro atoms. The van der Waals surface area contributed by atoms with Crippen LogP contribution in [0, 0.1) is 0 Å². The van der Waals surface area contributed by atoms with E-state index in [1.165, 1.54) is 27.5 Å². The molecule has 0 aliphatic carbocycles. The zero-order valence-corrected chi connectivity index (χ0v) is 30.3. The fourth-order valence-electron chi connectivity index (χ4n) is 8.29. The van der Waals surface area contributed by atoms with E-state index in [4.69, 9.17) is 15.0 Å². The van der Waals surface area contributed by atoms with Crippen LogP contribution < -0.4 is 0 Å². The molecule has 11 rings (SSSR count). The molecule has 56 heavy (non-hydrogen) atoms. The van der Waals surface area contributed by atoms with Gasteiger partial charge in [-0.25, -0.2) is 4.98 Å². The van der Waals surface area contributed by atoms with E-state index in [9.17, 15) is 0 Å². The number of rotatable bonds is 6. The Kier molecular flexibility index (Phi) is 7.42. The van der Waals surface area contributed by atoms with Gasteiger partial charge in [0.15, 0.2) is 11.6 Å². The number of fused-ring (bicyclic) bond motifs is 6.